The Hall–Kier alpha value is -1.14. The summed E-state index contributed by atoms with van der Waals surface area (Å²) in [6.45, 7) is 4.10. The molecular formula is C9H18N2O4. The van der Waals surface area contributed by atoms with Gasteiger partial charge in [-0.3, -0.25) is 4.79 Å². The molecule has 6 heteroatoms. The Morgan fingerprint density at radius 2 is 2.00 bits per heavy atom. The van der Waals surface area contributed by atoms with E-state index in [0.717, 1.165) is 13.5 Å². The van der Waals surface area contributed by atoms with Crippen LogP contribution in [0.4, 0.5) is 0 Å². The Bertz CT molecular complexity index is 228. The van der Waals surface area contributed by atoms with E-state index in [2.05, 4.69) is 10.6 Å². The van der Waals surface area contributed by atoms with Crippen molar-refractivity contribution < 1.29 is 19.8 Å². The van der Waals surface area contributed by atoms with Crippen molar-refractivity contribution >= 4 is 11.9 Å². The quantitative estimate of drug-likeness (QED) is 0.408. The van der Waals surface area contributed by atoms with Crippen LogP contribution in [-0.4, -0.2) is 47.3 Å². The standard InChI is InChI=1S/C9H18N2O4/c1-3-10-5-4-7(12)11-6-9(2,15)8(13)14/h10,15H,3-6H2,1-2H3,(H,11,12)(H,13,14). The Labute approximate surface area is 88.7 Å². The lowest BCUT2D eigenvalue weighted by molar-refractivity contribution is -0.156. The van der Waals surface area contributed by atoms with E-state index >= 15 is 0 Å². The highest BCUT2D eigenvalue weighted by Gasteiger charge is 2.29. The number of hydrogen-bond acceptors (Lipinski definition) is 4. The molecule has 0 aromatic rings. The summed E-state index contributed by atoms with van der Waals surface area (Å²) in [5.41, 5.74) is -1.91. The number of carboxylic acid groups (broad SMARTS) is 1. The summed E-state index contributed by atoms with van der Waals surface area (Å²) in [6, 6.07) is 0. The van der Waals surface area contributed by atoms with Crippen LogP contribution >= 0.6 is 0 Å². The van der Waals surface area contributed by atoms with Crippen LogP contribution in [0.15, 0.2) is 0 Å². The van der Waals surface area contributed by atoms with Crippen molar-refractivity contribution in [2.75, 3.05) is 19.6 Å². The van der Waals surface area contributed by atoms with Crippen molar-refractivity contribution in [2.24, 2.45) is 0 Å². The SMILES string of the molecule is CCNCCC(=O)NCC(C)(O)C(=O)O. The third kappa shape index (κ3) is 6.03. The first kappa shape index (κ1) is 13.9. The summed E-state index contributed by atoms with van der Waals surface area (Å²) in [7, 11) is 0. The highest BCUT2D eigenvalue weighted by Crippen LogP contribution is 2.00. The molecule has 6 nitrogen and oxygen atoms in total. The van der Waals surface area contributed by atoms with Gasteiger partial charge in [0.1, 0.15) is 0 Å². The van der Waals surface area contributed by atoms with E-state index in [-0.39, 0.29) is 18.9 Å². The molecule has 0 aromatic heterocycles. The Morgan fingerprint density at radius 1 is 1.40 bits per heavy atom. The van der Waals surface area contributed by atoms with Gasteiger partial charge in [0.05, 0.1) is 6.54 Å². The molecule has 0 saturated heterocycles. The Morgan fingerprint density at radius 3 is 2.47 bits per heavy atom. The summed E-state index contributed by atoms with van der Waals surface area (Å²) in [6.07, 6.45) is 0.267. The van der Waals surface area contributed by atoms with Crippen LogP contribution in [0.1, 0.15) is 20.3 Å². The van der Waals surface area contributed by atoms with E-state index in [1.165, 1.54) is 0 Å². The number of rotatable bonds is 7. The van der Waals surface area contributed by atoms with Gasteiger partial charge in [0.2, 0.25) is 5.91 Å². The van der Waals surface area contributed by atoms with Gasteiger partial charge >= 0.3 is 5.97 Å². The number of amides is 1. The van der Waals surface area contributed by atoms with Crippen LogP contribution in [0.5, 0.6) is 0 Å². The van der Waals surface area contributed by atoms with Gasteiger partial charge in [0.25, 0.3) is 0 Å². The zero-order chi connectivity index (χ0) is 11.9. The minimum absolute atomic E-state index is 0.267. The Kier molecular flexibility index (Phi) is 5.88. The maximum Gasteiger partial charge on any atom is 0.337 e. The molecule has 15 heavy (non-hydrogen) atoms. The fourth-order valence-electron chi connectivity index (χ4n) is 0.813. The molecule has 0 saturated carbocycles. The zero-order valence-corrected chi connectivity index (χ0v) is 9.04. The third-order valence-corrected chi connectivity index (χ3v) is 1.87. The lowest BCUT2D eigenvalue weighted by atomic mass is 10.1. The monoisotopic (exact) mass is 218 g/mol. The summed E-state index contributed by atoms with van der Waals surface area (Å²) < 4.78 is 0. The minimum atomic E-state index is -1.91. The fraction of sp³-hybridized carbons (Fsp3) is 0.778. The number of aliphatic carboxylic acids is 1. The average Bonchev–Trinajstić information content (AvgIpc) is 2.15. The summed E-state index contributed by atoms with van der Waals surface area (Å²) in [5, 5.41) is 23.1. The van der Waals surface area contributed by atoms with Gasteiger partial charge in [-0.25, -0.2) is 4.79 Å². The van der Waals surface area contributed by atoms with Crippen LogP contribution in [-0.2, 0) is 9.59 Å². The molecule has 0 radical (unpaired) electrons. The molecule has 4 N–H and O–H groups in total. The lowest BCUT2D eigenvalue weighted by Crippen LogP contribution is -2.46. The molecule has 0 bridgehead atoms. The molecule has 0 fully saturated rings. The second-order valence-electron chi connectivity index (χ2n) is 3.46. The highest BCUT2D eigenvalue weighted by molar-refractivity contribution is 5.80. The van der Waals surface area contributed by atoms with Gasteiger partial charge in [-0.1, -0.05) is 6.92 Å². The second-order valence-corrected chi connectivity index (χ2v) is 3.46. The van der Waals surface area contributed by atoms with Crippen molar-refractivity contribution in [3.8, 4) is 0 Å². The molecule has 1 atom stereocenters. The highest BCUT2D eigenvalue weighted by atomic mass is 16.4. The molecule has 0 aromatic carbocycles. The van der Waals surface area contributed by atoms with Gasteiger partial charge < -0.3 is 20.8 Å². The van der Waals surface area contributed by atoms with E-state index in [1.807, 2.05) is 6.92 Å². The number of aliphatic hydroxyl groups is 1. The van der Waals surface area contributed by atoms with Gasteiger partial charge in [-0.05, 0) is 13.5 Å². The van der Waals surface area contributed by atoms with E-state index in [4.69, 9.17) is 5.11 Å². The number of nitrogens with one attached hydrogen (secondary N) is 2. The first-order valence-electron chi connectivity index (χ1n) is 4.83. The minimum Gasteiger partial charge on any atom is -0.479 e. The first-order valence-corrected chi connectivity index (χ1v) is 4.83. The van der Waals surface area contributed by atoms with Crippen LogP contribution in [0, 0.1) is 0 Å². The topological polar surface area (TPSA) is 98.7 Å². The fourth-order valence-corrected chi connectivity index (χ4v) is 0.813. The lowest BCUT2D eigenvalue weighted by Gasteiger charge is -2.18. The number of carbonyl (C=O) groups is 2. The summed E-state index contributed by atoms with van der Waals surface area (Å²) in [4.78, 5) is 21.6. The smallest absolute Gasteiger partial charge is 0.337 e. The van der Waals surface area contributed by atoms with Crippen molar-refractivity contribution in [1.29, 1.82) is 0 Å². The molecule has 1 unspecified atom stereocenters. The van der Waals surface area contributed by atoms with E-state index < -0.39 is 11.6 Å². The molecule has 1 amide bonds. The maximum atomic E-state index is 11.1. The van der Waals surface area contributed by atoms with Gasteiger partial charge in [0.15, 0.2) is 5.60 Å². The van der Waals surface area contributed by atoms with Crippen LogP contribution in [0.2, 0.25) is 0 Å². The normalized spacial score (nSPS) is 14.3. The van der Waals surface area contributed by atoms with Gasteiger partial charge in [0, 0.05) is 13.0 Å². The second kappa shape index (κ2) is 6.36. The van der Waals surface area contributed by atoms with Crippen molar-refractivity contribution in [2.45, 2.75) is 25.9 Å². The van der Waals surface area contributed by atoms with Crippen LogP contribution in [0.25, 0.3) is 0 Å². The molecule has 88 valence electrons. The van der Waals surface area contributed by atoms with E-state index in [9.17, 15) is 14.7 Å². The third-order valence-electron chi connectivity index (χ3n) is 1.87. The predicted octanol–water partition coefficient (Wildman–Crippen LogP) is -1.06. The summed E-state index contributed by atoms with van der Waals surface area (Å²) in [5.74, 6) is -1.63. The average molecular weight is 218 g/mol. The molecule has 0 aliphatic carbocycles. The van der Waals surface area contributed by atoms with E-state index in [0.29, 0.717) is 6.54 Å². The largest absolute Gasteiger partial charge is 0.479 e. The molecule has 0 rings (SSSR count). The zero-order valence-electron chi connectivity index (χ0n) is 9.04. The number of hydrogen-bond donors (Lipinski definition) is 4. The van der Waals surface area contributed by atoms with Crippen molar-refractivity contribution in [3.05, 3.63) is 0 Å². The van der Waals surface area contributed by atoms with E-state index in [1.54, 1.807) is 0 Å². The molecular weight excluding hydrogens is 200 g/mol. The Balaban J connectivity index is 3.75. The van der Waals surface area contributed by atoms with Crippen LogP contribution < -0.4 is 10.6 Å². The van der Waals surface area contributed by atoms with Crippen molar-refractivity contribution in [3.63, 3.8) is 0 Å². The molecule has 0 spiro atoms. The molecule has 0 aliphatic rings. The van der Waals surface area contributed by atoms with Crippen LogP contribution in [0.3, 0.4) is 0 Å². The number of carbonyl (C=O) groups excluding carboxylic acids is 1. The number of carboxylic acids is 1. The maximum absolute atomic E-state index is 11.1. The van der Waals surface area contributed by atoms with Gasteiger partial charge in [-0.2, -0.15) is 0 Å². The summed E-state index contributed by atoms with van der Waals surface area (Å²) >= 11 is 0. The van der Waals surface area contributed by atoms with Gasteiger partial charge in [-0.15, -0.1) is 0 Å². The van der Waals surface area contributed by atoms with Crippen molar-refractivity contribution in [1.82, 2.24) is 10.6 Å². The first-order chi connectivity index (χ1) is 6.90. The predicted molar refractivity (Wildman–Crippen MR) is 54.4 cm³/mol. The molecule has 0 heterocycles. The molecule has 0 aliphatic heterocycles.